The molecule has 2 unspecified atom stereocenters. The lowest BCUT2D eigenvalue weighted by Gasteiger charge is -2.24. The summed E-state index contributed by atoms with van der Waals surface area (Å²) in [5.41, 5.74) is 0. The molecule has 0 aromatic rings. The number of aliphatic hydroxyl groups excluding tert-OH is 1. The summed E-state index contributed by atoms with van der Waals surface area (Å²) in [6.45, 7) is 6.45. The van der Waals surface area contributed by atoms with Crippen LogP contribution in [0.2, 0.25) is 0 Å². The summed E-state index contributed by atoms with van der Waals surface area (Å²) in [4.78, 5) is 16.4. The first-order valence-electron chi connectivity index (χ1n) is 7.57. The normalized spacial score (nSPS) is 27.5. The van der Waals surface area contributed by atoms with E-state index in [1.54, 1.807) is 4.90 Å². The van der Waals surface area contributed by atoms with Crippen molar-refractivity contribution in [1.29, 1.82) is 0 Å². The maximum Gasteiger partial charge on any atom is 0.317 e. The van der Waals surface area contributed by atoms with Crippen LogP contribution in [0.4, 0.5) is 4.79 Å². The van der Waals surface area contributed by atoms with Crippen molar-refractivity contribution in [2.75, 3.05) is 26.2 Å². The van der Waals surface area contributed by atoms with Crippen molar-refractivity contribution in [3.8, 4) is 0 Å². The number of hydrogen-bond acceptors (Lipinski definition) is 3. The fourth-order valence-corrected chi connectivity index (χ4v) is 3.05. The van der Waals surface area contributed by atoms with E-state index >= 15 is 0 Å². The van der Waals surface area contributed by atoms with Gasteiger partial charge in [0.25, 0.3) is 0 Å². The Morgan fingerprint density at radius 3 is 2.74 bits per heavy atom. The van der Waals surface area contributed by atoms with E-state index in [0.29, 0.717) is 19.1 Å². The number of likely N-dealkylation sites (tertiary alicyclic amines) is 1. The van der Waals surface area contributed by atoms with E-state index in [4.69, 9.17) is 5.11 Å². The average molecular weight is 269 g/mol. The van der Waals surface area contributed by atoms with Crippen LogP contribution in [0.15, 0.2) is 0 Å². The fourth-order valence-electron chi connectivity index (χ4n) is 3.05. The number of carbonyl (C=O) groups excluding carboxylic acids is 1. The van der Waals surface area contributed by atoms with Gasteiger partial charge < -0.3 is 15.3 Å². The Kier molecular flexibility index (Phi) is 5.05. The summed E-state index contributed by atoms with van der Waals surface area (Å²) < 4.78 is 0. The predicted molar refractivity (Wildman–Crippen MR) is 75.1 cm³/mol. The Labute approximate surface area is 115 Å². The van der Waals surface area contributed by atoms with Crippen molar-refractivity contribution < 1.29 is 9.90 Å². The number of hydrogen-bond donors (Lipinski definition) is 2. The molecule has 0 aromatic carbocycles. The van der Waals surface area contributed by atoms with Crippen LogP contribution < -0.4 is 5.32 Å². The van der Waals surface area contributed by atoms with E-state index in [-0.39, 0.29) is 18.7 Å². The second-order valence-corrected chi connectivity index (χ2v) is 5.87. The first kappa shape index (κ1) is 14.6. The Balaban J connectivity index is 1.81. The maximum atomic E-state index is 12.2. The van der Waals surface area contributed by atoms with Crippen LogP contribution in [0.1, 0.15) is 39.5 Å². The molecule has 1 saturated heterocycles. The van der Waals surface area contributed by atoms with E-state index in [1.807, 2.05) is 6.92 Å². The summed E-state index contributed by atoms with van der Waals surface area (Å²) in [6, 6.07) is 1.59. The maximum absolute atomic E-state index is 12.2. The van der Waals surface area contributed by atoms with Gasteiger partial charge >= 0.3 is 6.03 Å². The molecule has 2 N–H and O–H groups in total. The van der Waals surface area contributed by atoms with Crippen LogP contribution in [0.3, 0.4) is 0 Å². The monoisotopic (exact) mass is 269 g/mol. The molecule has 0 radical (unpaired) electrons. The molecule has 5 nitrogen and oxygen atoms in total. The van der Waals surface area contributed by atoms with Gasteiger partial charge in [0.2, 0.25) is 0 Å². The number of nitrogens with one attached hydrogen (secondary N) is 1. The van der Waals surface area contributed by atoms with Crippen molar-refractivity contribution in [1.82, 2.24) is 15.1 Å². The molecule has 2 amide bonds. The topological polar surface area (TPSA) is 55.8 Å². The number of aliphatic hydroxyl groups is 1. The molecule has 1 saturated carbocycles. The first-order valence-corrected chi connectivity index (χ1v) is 7.57. The number of rotatable bonds is 6. The Hall–Kier alpha value is -0.810. The molecule has 110 valence electrons. The van der Waals surface area contributed by atoms with Crippen LogP contribution >= 0.6 is 0 Å². The second-order valence-electron chi connectivity index (χ2n) is 5.87. The lowest BCUT2D eigenvalue weighted by Crippen LogP contribution is -2.47. The molecule has 2 rings (SSSR count). The number of amides is 2. The average Bonchev–Trinajstić information content (AvgIpc) is 3.14. The highest BCUT2D eigenvalue weighted by molar-refractivity contribution is 5.74. The summed E-state index contributed by atoms with van der Waals surface area (Å²) in [5, 5.41) is 12.1. The van der Waals surface area contributed by atoms with Crippen molar-refractivity contribution in [2.24, 2.45) is 0 Å². The van der Waals surface area contributed by atoms with E-state index in [2.05, 4.69) is 17.1 Å². The summed E-state index contributed by atoms with van der Waals surface area (Å²) >= 11 is 0. The standard InChI is InChI=1S/C14H27N3O2/c1-3-6-16(7-8-18)14(19)15-12-9-11(2)17(10-12)13-4-5-13/h11-13,18H,3-10H2,1-2H3,(H,15,19). The van der Waals surface area contributed by atoms with Crippen molar-refractivity contribution in [3.63, 3.8) is 0 Å². The molecule has 1 heterocycles. The molecular formula is C14H27N3O2. The van der Waals surface area contributed by atoms with Gasteiger partial charge in [-0.05, 0) is 32.6 Å². The summed E-state index contributed by atoms with van der Waals surface area (Å²) in [7, 11) is 0. The van der Waals surface area contributed by atoms with Gasteiger partial charge in [0.05, 0.1) is 6.61 Å². The van der Waals surface area contributed by atoms with E-state index in [1.165, 1.54) is 12.8 Å². The smallest absolute Gasteiger partial charge is 0.317 e. The Bertz CT molecular complexity index is 301. The molecule has 1 aliphatic carbocycles. The fraction of sp³-hybridized carbons (Fsp3) is 0.929. The molecule has 0 aromatic heterocycles. The molecule has 0 spiro atoms. The first-order chi connectivity index (χ1) is 9.15. The van der Waals surface area contributed by atoms with E-state index in [9.17, 15) is 4.79 Å². The zero-order valence-corrected chi connectivity index (χ0v) is 12.1. The zero-order valence-electron chi connectivity index (χ0n) is 12.1. The minimum atomic E-state index is -0.0225. The van der Waals surface area contributed by atoms with Crippen LogP contribution in [-0.2, 0) is 0 Å². The van der Waals surface area contributed by atoms with Gasteiger partial charge in [-0.3, -0.25) is 4.90 Å². The molecule has 2 atom stereocenters. The molecule has 2 fully saturated rings. The van der Waals surface area contributed by atoms with E-state index < -0.39 is 0 Å². The minimum absolute atomic E-state index is 0.0225. The number of carbonyl (C=O) groups is 1. The van der Waals surface area contributed by atoms with Crippen molar-refractivity contribution in [3.05, 3.63) is 0 Å². The highest BCUT2D eigenvalue weighted by atomic mass is 16.3. The number of urea groups is 1. The molecule has 0 bridgehead atoms. The third kappa shape index (κ3) is 3.83. The van der Waals surface area contributed by atoms with Crippen LogP contribution in [0, 0.1) is 0 Å². The summed E-state index contributed by atoms with van der Waals surface area (Å²) in [6.07, 6.45) is 4.60. The second kappa shape index (κ2) is 6.57. The molecule has 5 heteroatoms. The lowest BCUT2D eigenvalue weighted by atomic mass is 10.2. The van der Waals surface area contributed by atoms with Gasteiger partial charge in [0.1, 0.15) is 0 Å². The van der Waals surface area contributed by atoms with Crippen molar-refractivity contribution in [2.45, 2.75) is 57.7 Å². The highest BCUT2D eigenvalue weighted by Crippen LogP contribution is 2.33. The number of nitrogens with zero attached hydrogens (tertiary/aromatic N) is 2. The Morgan fingerprint density at radius 2 is 2.16 bits per heavy atom. The largest absolute Gasteiger partial charge is 0.395 e. The van der Waals surface area contributed by atoms with Crippen LogP contribution in [0.25, 0.3) is 0 Å². The SMILES string of the molecule is CCCN(CCO)C(=O)NC1CC(C)N(C2CC2)C1. The predicted octanol–water partition coefficient (Wildman–Crippen LogP) is 1.03. The van der Waals surface area contributed by atoms with Gasteiger partial charge in [-0.25, -0.2) is 4.79 Å². The van der Waals surface area contributed by atoms with Gasteiger partial charge in [0.15, 0.2) is 0 Å². The molecule has 19 heavy (non-hydrogen) atoms. The third-order valence-corrected chi connectivity index (χ3v) is 4.12. The zero-order chi connectivity index (χ0) is 13.8. The Morgan fingerprint density at radius 1 is 1.42 bits per heavy atom. The quantitative estimate of drug-likeness (QED) is 0.757. The molecule has 2 aliphatic rings. The van der Waals surface area contributed by atoms with Crippen LogP contribution in [-0.4, -0.2) is 65.3 Å². The van der Waals surface area contributed by atoms with Crippen molar-refractivity contribution >= 4 is 6.03 Å². The van der Waals surface area contributed by atoms with Gasteiger partial charge in [0, 0.05) is 37.8 Å². The summed E-state index contributed by atoms with van der Waals surface area (Å²) in [5.74, 6) is 0. The van der Waals surface area contributed by atoms with Gasteiger partial charge in [-0.15, -0.1) is 0 Å². The minimum Gasteiger partial charge on any atom is -0.395 e. The highest BCUT2D eigenvalue weighted by Gasteiger charge is 2.39. The molecule has 1 aliphatic heterocycles. The van der Waals surface area contributed by atoms with Gasteiger partial charge in [-0.1, -0.05) is 6.92 Å². The van der Waals surface area contributed by atoms with Crippen LogP contribution in [0.5, 0.6) is 0 Å². The van der Waals surface area contributed by atoms with E-state index in [0.717, 1.165) is 25.4 Å². The third-order valence-electron chi connectivity index (χ3n) is 4.12. The molecular weight excluding hydrogens is 242 g/mol. The van der Waals surface area contributed by atoms with Gasteiger partial charge in [-0.2, -0.15) is 0 Å². The lowest BCUT2D eigenvalue weighted by molar-refractivity contribution is 0.173.